The maximum atomic E-state index is 9.36. The van der Waals surface area contributed by atoms with Gasteiger partial charge in [0, 0.05) is 0 Å². The van der Waals surface area contributed by atoms with Crippen molar-refractivity contribution in [3.8, 4) is 0 Å². The van der Waals surface area contributed by atoms with Gasteiger partial charge in [-0.15, -0.1) is 0 Å². The third-order valence-corrected chi connectivity index (χ3v) is 6.65. The highest BCUT2D eigenvalue weighted by Gasteiger charge is 2.40. The molecule has 2 rings (SSSR count). The van der Waals surface area contributed by atoms with Crippen molar-refractivity contribution >= 4 is 13.3 Å². The second kappa shape index (κ2) is 3.52. The highest BCUT2D eigenvalue weighted by atomic mass is 28.3. The molecule has 1 aliphatic carbocycles. The molecule has 1 N–H and O–H groups in total. The van der Waals surface area contributed by atoms with Gasteiger partial charge in [0.25, 0.3) is 0 Å². The summed E-state index contributed by atoms with van der Waals surface area (Å²) in [4.78, 5) is 0. The van der Waals surface area contributed by atoms with Crippen molar-refractivity contribution in [3.05, 3.63) is 30.3 Å². The fraction of sp³-hybridized carbons (Fsp3) is 0.500. The zero-order valence-electron chi connectivity index (χ0n) is 8.90. The summed E-state index contributed by atoms with van der Waals surface area (Å²) in [5.74, 6) is 0.594. The van der Waals surface area contributed by atoms with Gasteiger partial charge in [0.1, 0.15) is 0 Å². The molecule has 2 heteroatoms. The van der Waals surface area contributed by atoms with E-state index in [-0.39, 0.29) is 6.10 Å². The highest BCUT2D eigenvalue weighted by Crippen LogP contribution is 2.37. The fourth-order valence-electron chi connectivity index (χ4n) is 2.11. The van der Waals surface area contributed by atoms with Gasteiger partial charge in [-0.05, 0) is 18.4 Å². The molecule has 0 aromatic heterocycles. The lowest BCUT2D eigenvalue weighted by Crippen LogP contribution is -2.41. The summed E-state index contributed by atoms with van der Waals surface area (Å²) in [6.07, 6.45) is 1.04. The van der Waals surface area contributed by atoms with E-state index >= 15 is 0 Å². The van der Waals surface area contributed by atoms with Gasteiger partial charge in [0.2, 0.25) is 0 Å². The van der Waals surface area contributed by atoms with E-state index in [0.717, 1.165) is 6.42 Å². The third-order valence-electron chi connectivity index (χ3n) is 3.21. The summed E-state index contributed by atoms with van der Waals surface area (Å²) >= 11 is 0. The Hall–Kier alpha value is -0.603. The van der Waals surface area contributed by atoms with Crippen molar-refractivity contribution in [2.24, 2.45) is 5.92 Å². The second-order valence-corrected chi connectivity index (χ2v) is 9.77. The van der Waals surface area contributed by atoms with E-state index in [1.807, 2.05) is 0 Å². The molecule has 1 saturated carbocycles. The van der Waals surface area contributed by atoms with Gasteiger partial charge in [-0.2, -0.15) is 0 Å². The Labute approximate surface area is 86.8 Å². The van der Waals surface area contributed by atoms with Crippen LogP contribution in [0.25, 0.3) is 0 Å². The molecule has 14 heavy (non-hydrogen) atoms. The van der Waals surface area contributed by atoms with Crippen LogP contribution in [-0.4, -0.2) is 19.3 Å². The standard InChI is InChI=1S/C12H18OSi/c1-14(2,9-10-8-12(10)13)11-6-4-3-5-7-11/h3-7,10,12-13H,8-9H2,1-2H3/t10-,12+/m1/s1. The van der Waals surface area contributed by atoms with Crippen molar-refractivity contribution in [2.75, 3.05) is 0 Å². The van der Waals surface area contributed by atoms with Crippen molar-refractivity contribution in [1.29, 1.82) is 0 Å². The van der Waals surface area contributed by atoms with Crippen molar-refractivity contribution in [2.45, 2.75) is 31.7 Å². The predicted octanol–water partition coefficient (Wildman–Crippen LogP) is 1.98. The molecule has 0 heterocycles. The third kappa shape index (κ3) is 2.07. The van der Waals surface area contributed by atoms with Crippen LogP contribution in [0.4, 0.5) is 0 Å². The smallest absolute Gasteiger partial charge is 0.0810 e. The Balaban J connectivity index is 2.08. The van der Waals surface area contributed by atoms with Gasteiger partial charge in [-0.3, -0.25) is 0 Å². The number of benzene rings is 1. The van der Waals surface area contributed by atoms with E-state index in [1.165, 1.54) is 11.2 Å². The van der Waals surface area contributed by atoms with E-state index in [9.17, 15) is 5.11 Å². The molecule has 2 atom stereocenters. The lowest BCUT2D eigenvalue weighted by Gasteiger charge is -2.22. The first-order valence-electron chi connectivity index (χ1n) is 5.33. The van der Waals surface area contributed by atoms with Gasteiger partial charge in [0.15, 0.2) is 0 Å². The van der Waals surface area contributed by atoms with Gasteiger partial charge < -0.3 is 5.11 Å². The molecular formula is C12H18OSi. The summed E-state index contributed by atoms with van der Waals surface area (Å²) in [5, 5.41) is 10.9. The van der Waals surface area contributed by atoms with E-state index < -0.39 is 8.07 Å². The summed E-state index contributed by atoms with van der Waals surface area (Å²) in [6, 6.07) is 12.0. The molecule has 1 aromatic carbocycles. The monoisotopic (exact) mass is 206 g/mol. The van der Waals surface area contributed by atoms with Crippen LogP contribution < -0.4 is 5.19 Å². The number of aliphatic hydroxyl groups is 1. The lowest BCUT2D eigenvalue weighted by atomic mass is 10.4. The largest absolute Gasteiger partial charge is 0.393 e. The fourth-order valence-corrected chi connectivity index (χ4v) is 5.19. The Kier molecular flexibility index (Phi) is 2.50. The molecule has 0 unspecified atom stereocenters. The topological polar surface area (TPSA) is 20.2 Å². The van der Waals surface area contributed by atoms with Crippen molar-refractivity contribution < 1.29 is 5.11 Å². The van der Waals surface area contributed by atoms with Gasteiger partial charge in [-0.1, -0.05) is 48.6 Å². The number of hydrogen-bond acceptors (Lipinski definition) is 1. The first-order valence-corrected chi connectivity index (χ1v) is 8.54. The average Bonchev–Trinajstić information content (AvgIpc) is 2.82. The van der Waals surface area contributed by atoms with Crippen LogP contribution in [-0.2, 0) is 0 Å². The van der Waals surface area contributed by atoms with E-state index in [1.54, 1.807) is 0 Å². The molecule has 0 bridgehead atoms. The van der Waals surface area contributed by atoms with Crippen molar-refractivity contribution in [3.63, 3.8) is 0 Å². The molecule has 1 nitrogen and oxygen atoms in total. The summed E-state index contributed by atoms with van der Waals surface area (Å²) < 4.78 is 0. The molecule has 1 fully saturated rings. The number of rotatable bonds is 3. The summed E-state index contributed by atoms with van der Waals surface area (Å²) in [7, 11) is -1.28. The summed E-state index contributed by atoms with van der Waals surface area (Å²) in [5.41, 5.74) is 0. The van der Waals surface area contributed by atoms with E-state index in [2.05, 4.69) is 43.4 Å². The lowest BCUT2D eigenvalue weighted by molar-refractivity contribution is 0.263. The Bertz CT molecular complexity index is 307. The molecule has 0 saturated heterocycles. The molecule has 76 valence electrons. The maximum Gasteiger partial charge on any atom is 0.0810 e. The molecule has 0 spiro atoms. The highest BCUT2D eigenvalue weighted by molar-refractivity contribution is 6.89. The minimum atomic E-state index is -1.28. The maximum absolute atomic E-state index is 9.36. The molecule has 0 amide bonds. The van der Waals surface area contributed by atoms with Crippen LogP contribution in [0.1, 0.15) is 6.42 Å². The van der Waals surface area contributed by atoms with Crippen LogP contribution in [0.5, 0.6) is 0 Å². The predicted molar refractivity (Wildman–Crippen MR) is 62.5 cm³/mol. The average molecular weight is 206 g/mol. The number of aliphatic hydroxyl groups excluding tert-OH is 1. The first kappa shape index (κ1) is 9.93. The van der Waals surface area contributed by atoms with Gasteiger partial charge in [0.05, 0.1) is 14.2 Å². The Morgan fingerprint density at radius 2 is 1.86 bits per heavy atom. The Morgan fingerprint density at radius 1 is 1.29 bits per heavy atom. The Morgan fingerprint density at radius 3 is 2.36 bits per heavy atom. The van der Waals surface area contributed by atoms with Gasteiger partial charge in [-0.25, -0.2) is 0 Å². The minimum absolute atomic E-state index is 0.00508. The zero-order chi connectivity index (χ0) is 10.2. The van der Waals surface area contributed by atoms with Crippen LogP contribution in [0.2, 0.25) is 19.1 Å². The molecule has 0 radical (unpaired) electrons. The first-order chi connectivity index (χ1) is 6.59. The second-order valence-electron chi connectivity index (χ2n) is 5.02. The van der Waals surface area contributed by atoms with Crippen LogP contribution in [0.3, 0.4) is 0 Å². The molecule has 0 aliphatic heterocycles. The summed E-state index contributed by atoms with van der Waals surface area (Å²) in [6.45, 7) is 4.79. The van der Waals surface area contributed by atoms with Crippen LogP contribution in [0.15, 0.2) is 30.3 Å². The number of hydrogen-bond donors (Lipinski definition) is 1. The normalized spacial score (nSPS) is 26.2. The minimum Gasteiger partial charge on any atom is -0.393 e. The zero-order valence-corrected chi connectivity index (χ0v) is 9.90. The SMILES string of the molecule is C[Si](C)(C[C@H]1C[C@@H]1O)c1ccccc1. The quantitative estimate of drug-likeness (QED) is 0.750. The van der Waals surface area contributed by atoms with E-state index in [0.29, 0.717) is 5.92 Å². The molecule has 1 aromatic rings. The molecule has 1 aliphatic rings. The van der Waals surface area contributed by atoms with Crippen molar-refractivity contribution in [1.82, 2.24) is 0 Å². The van der Waals surface area contributed by atoms with Crippen LogP contribution in [0, 0.1) is 5.92 Å². The van der Waals surface area contributed by atoms with E-state index in [4.69, 9.17) is 0 Å². The van der Waals surface area contributed by atoms with Gasteiger partial charge >= 0.3 is 0 Å². The molecular weight excluding hydrogens is 188 g/mol. The van der Waals surface area contributed by atoms with Crippen LogP contribution >= 0.6 is 0 Å².